The zero-order chi connectivity index (χ0) is 10.1. The van der Waals surface area contributed by atoms with Crippen molar-refractivity contribution in [1.82, 2.24) is 0 Å². The fourth-order valence-corrected chi connectivity index (χ4v) is 3.49. The highest BCUT2D eigenvalue weighted by atomic mass is 35.7. The van der Waals surface area contributed by atoms with E-state index in [0.717, 1.165) is 0 Å². The van der Waals surface area contributed by atoms with Crippen molar-refractivity contribution >= 4 is 68.8 Å². The lowest BCUT2D eigenvalue weighted by Gasteiger charge is -2.24. The first-order valence-electron chi connectivity index (χ1n) is 3.36. The summed E-state index contributed by atoms with van der Waals surface area (Å²) >= 11 is 29.2. The summed E-state index contributed by atoms with van der Waals surface area (Å²) in [5.74, 6) is 0. The Morgan fingerprint density at radius 3 is 1.77 bits per heavy atom. The molecule has 0 saturated heterocycles. The van der Waals surface area contributed by atoms with Crippen molar-refractivity contribution in [2.24, 2.45) is 0 Å². The molecule has 0 nitrogen and oxygen atoms in total. The van der Waals surface area contributed by atoms with Crippen LogP contribution in [0, 0.1) is 0 Å². The first kappa shape index (κ1) is 12.0. The molecule has 0 aromatic heterocycles. The van der Waals surface area contributed by atoms with E-state index < -0.39 is 10.1 Å². The minimum Gasteiger partial charge on any atom is -0.135 e. The maximum Gasteiger partial charge on any atom is 0.333 e. The van der Waals surface area contributed by atoms with Crippen molar-refractivity contribution in [2.45, 2.75) is 3.42 Å². The number of hydrogen-bond donors (Lipinski definition) is 0. The van der Waals surface area contributed by atoms with Crippen LogP contribution < -0.4 is 5.19 Å². The van der Waals surface area contributed by atoms with E-state index in [1.165, 1.54) is 0 Å². The highest BCUT2D eigenvalue weighted by molar-refractivity contribution is 7.57. The van der Waals surface area contributed by atoms with Gasteiger partial charge in [0.15, 0.2) is 0 Å². The Kier molecular flexibility index (Phi) is 3.84. The smallest absolute Gasteiger partial charge is 0.135 e. The minimum absolute atomic E-state index is 0.693. The SMILES string of the molecule is ClC(Cl)(Cl)[Si](Cl)(Cl)c1ccccc1. The predicted molar refractivity (Wildman–Crippen MR) is 63.8 cm³/mol. The highest BCUT2D eigenvalue weighted by Gasteiger charge is 2.50. The summed E-state index contributed by atoms with van der Waals surface area (Å²) in [6.07, 6.45) is 0. The second-order valence-corrected chi connectivity index (χ2v) is 12.1. The monoisotopic (exact) mass is 292 g/mol. The first-order chi connectivity index (χ1) is 5.86. The fourth-order valence-electron chi connectivity index (χ4n) is 0.811. The molecule has 0 fully saturated rings. The van der Waals surface area contributed by atoms with Gasteiger partial charge in [-0.15, -0.1) is 22.2 Å². The average molecular weight is 294 g/mol. The largest absolute Gasteiger partial charge is 0.333 e. The van der Waals surface area contributed by atoms with Crippen LogP contribution >= 0.6 is 57.0 Å². The first-order valence-corrected chi connectivity index (χ1v) is 8.51. The molecule has 6 heteroatoms. The molecule has 0 aliphatic heterocycles. The Bertz CT molecular complexity index is 279. The van der Waals surface area contributed by atoms with Crippen LogP contribution in [0.15, 0.2) is 30.3 Å². The molecule has 0 radical (unpaired) electrons. The van der Waals surface area contributed by atoms with Crippen LogP contribution in [-0.2, 0) is 0 Å². The van der Waals surface area contributed by atoms with Crippen LogP contribution in [0.3, 0.4) is 0 Å². The molecule has 0 aliphatic carbocycles. The summed E-state index contributed by atoms with van der Waals surface area (Å²) in [4.78, 5) is 0. The lowest BCUT2D eigenvalue weighted by molar-refractivity contribution is 1.65. The van der Waals surface area contributed by atoms with Gasteiger partial charge in [-0.3, -0.25) is 0 Å². The third-order valence-corrected chi connectivity index (χ3v) is 10.6. The molecule has 1 aromatic rings. The van der Waals surface area contributed by atoms with Crippen molar-refractivity contribution < 1.29 is 0 Å². The number of hydrogen-bond acceptors (Lipinski definition) is 0. The molecule has 0 bridgehead atoms. The van der Waals surface area contributed by atoms with Gasteiger partial charge >= 0.3 is 6.69 Å². The summed E-state index contributed by atoms with van der Waals surface area (Å²) in [7, 11) is 0. The van der Waals surface area contributed by atoms with Crippen molar-refractivity contribution in [2.75, 3.05) is 0 Å². The van der Waals surface area contributed by atoms with Gasteiger partial charge in [0, 0.05) is 0 Å². The molecule has 13 heavy (non-hydrogen) atoms. The summed E-state index contributed by atoms with van der Waals surface area (Å²) in [6, 6.07) is 8.97. The normalized spacial score (nSPS) is 13.0. The second kappa shape index (κ2) is 4.17. The zero-order valence-electron chi connectivity index (χ0n) is 6.28. The van der Waals surface area contributed by atoms with E-state index in [1.54, 1.807) is 24.3 Å². The Morgan fingerprint density at radius 1 is 0.923 bits per heavy atom. The van der Waals surface area contributed by atoms with Crippen LogP contribution in [0.2, 0.25) is 0 Å². The van der Waals surface area contributed by atoms with Gasteiger partial charge in [0.2, 0.25) is 3.42 Å². The molecule has 0 aliphatic rings. The molecule has 1 rings (SSSR count). The highest BCUT2D eigenvalue weighted by Crippen LogP contribution is 2.41. The standard InChI is InChI=1S/C7H5Cl5Si/c8-7(9,10)13(11,12)6-4-2-1-3-5-6/h1-5H. The molecule has 0 N–H and O–H groups in total. The van der Waals surface area contributed by atoms with Gasteiger partial charge in [0.1, 0.15) is 0 Å². The third-order valence-electron chi connectivity index (χ3n) is 1.49. The van der Waals surface area contributed by atoms with Gasteiger partial charge in [-0.25, -0.2) is 0 Å². The molecule has 1 aromatic carbocycles. The molecule has 0 unspecified atom stereocenters. The molecule has 72 valence electrons. The summed E-state index contributed by atoms with van der Waals surface area (Å²) in [5.41, 5.74) is 0. The summed E-state index contributed by atoms with van der Waals surface area (Å²) < 4.78 is -1.61. The Balaban J connectivity index is 3.08. The summed E-state index contributed by atoms with van der Waals surface area (Å²) in [5, 5.41) is 0.693. The van der Waals surface area contributed by atoms with E-state index in [-0.39, 0.29) is 0 Å². The van der Waals surface area contributed by atoms with Gasteiger partial charge in [0.25, 0.3) is 0 Å². The van der Waals surface area contributed by atoms with E-state index >= 15 is 0 Å². The second-order valence-electron chi connectivity index (χ2n) is 2.44. The van der Waals surface area contributed by atoms with Crippen LogP contribution in [0.5, 0.6) is 0 Å². The lowest BCUT2D eigenvalue weighted by Crippen LogP contribution is -2.49. The van der Waals surface area contributed by atoms with Crippen molar-refractivity contribution in [1.29, 1.82) is 0 Å². The van der Waals surface area contributed by atoms with Gasteiger partial charge in [-0.05, 0) is 5.19 Å². The van der Waals surface area contributed by atoms with Gasteiger partial charge in [-0.2, -0.15) is 0 Å². The van der Waals surface area contributed by atoms with Crippen molar-refractivity contribution in [3.8, 4) is 0 Å². The predicted octanol–water partition coefficient (Wildman–Crippen LogP) is 3.72. The zero-order valence-corrected chi connectivity index (χ0v) is 11.1. The molecule has 0 atom stereocenters. The quantitative estimate of drug-likeness (QED) is 0.421. The Hall–Kier alpha value is 0.887. The average Bonchev–Trinajstić information content (AvgIpc) is 2.04. The Morgan fingerprint density at radius 2 is 1.38 bits per heavy atom. The molecule has 0 spiro atoms. The molecular weight excluding hydrogens is 289 g/mol. The van der Waals surface area contributed by atoms with Gasteiger partial charge in [0.05, 0.1) is 0 Å². The molecule has 0 saturated carbocycles. The van der Waals surface area contributed by atoms with Crippen LogP contribution in [-0.4, -0.2) is 10.1 Å². The lowest BCUT2D eigenvalue weighted by atomic mass is 10.4. The number of benzene rings is 1. The number of rotatable bonds is 1. The van der Waals surface area contributed by atoms with Crippen LogP contribution in [0.1, 0.15) is 0 Å². The minimum atomic E-state index is -3.04. The molecule has 0 amide bonds. The van der Waals surface area contributed by atoms with E-state index in [1.807, 2.05) is 6.07 Å². The maximum atomic E-state index is 6.05. The molecular formula is C7H5Cl5Si. The van der Waals surface area contributed by atoms with E-state index in [2.05, 4.69) is 0 Å². The molecule has 0 heterocycles. The van der Waals surface area contributed by atoms with E-state index in [4.69, 9.17) is 57.0 Å². The summed E-state index contributed by atoms with van der Waals surface area (Å²) in [6.45, 7) is -3.04. The third kappa shape index (κ3) is 2.68. The van der Waals surface area contributed by atoms with Crippen molar-refractivity contribution in [3.05, 3.63) is 30.3 Å². The van der Waals surface area contributed by atoms with Gasteiger partial charge in [-0.1, -0.05) is 65.1 Å². The number of alkyl halides is 3. The van der Waals surface area contributed by atoms with E-state index in [9.17, 15) is 0 Å². The maximum absolute atomic E-state index is 6.05. The topological polar surface area (TPSA) is 0 Å². The fraction of sp³-hybridized carbons (Fsp3) is 0.143. The van der Waals surface area contributed by atoms with Crippen LogP contribution in [0.25, 0.3) is 0 Å². The van der Waals surface area contributed by atoms with E-state index in [0.29, 0.717) is 5.19 Å². The Labute approximate surface area is 102 Å². The van der Waals surface area contributed by atoms with Crippen LogP contribution in [0.4, 0.5) is 0 Å². The van der Waals surface area contributed by atoms with Gasteiger partial charge < -0.3 is 0 Å². The van der Waals surface area contributed by atoms with Crippen molar-refractivity contribution in [3.63, 3.8) is 0 Å². The number of halogens is 5.